The van der Waals surface area contributed by atoms with Crippen molar-refractivity contribution in [2.24, 2.45) is 4.99 Å². The molecule has 5 nitrogen and oxygen atoms in total. The number of hydrogen-bond donors (Lipinski definition) is 0. The van der Waals surface area contributed by atoms with Gasteiger partial charge in [0.25, 0.3) is 0 Å². The molecule has 0 aromatic heterocycles. The van der Waals surface area contributed by atoms with E-state index in [0.29, 0.717) is 28.7 Å². The minimum atomic E-state index is -0.503. The maximum Gasteiger partial charge on any atom is 0.363 e. The fraction of sp³-hybridized carbons (Fsp3) is 0.0833. The van der Waals surface area contributed by atoms with Gasteiger partial charge in [0.15, 0.2) is 17.2 Å². The van der Waals surface area contributed by atoms with E-state index < -0.39 is 5.97 Å². The van der Waals surface area contributed by atoms with Crippen LogP contribution in [0.15, 0.2) is 75.8 Å². The summed E-state index contributed by atoms with van der Waals surface area (Å²) in [7, 11) is 1.57. The first kappa shape index (κ1) is 22.8. The Bertz CT molecular complexity index is 1240. The molecule has 0 fully saturated rings. The Morgan fingerprint density at radius 3 is 2.66 bits per heavy atom. The van der Waals surface area contributed by atoms with E-state index in [2.05, 4.69) is 43.5 Å². The van der Waals surface area contributed by atoms with E-state index in [1.165, 1.54) is 0 Å². The summed E-state index contributed by atoms with van der Waals surface area (Å²) in [6.45, 7) is 0.372. The smallest absolute Gasteiger partial charge is 0.363 e. The molecule has 1 heterocycles. The third-order valence-electron chi connectivity index (χ3n) is 4.54. The number of halogens is 3. The van der Waals surface area contributed by atoms with Gasteiger partial charge >= 0.3 is 5.97 Å². The lowest BCUT2D eigenvalue weighted by molar-refractivity contribution is -0.129. The zero-order chi connectivity index (χ0) is 22.7. The van der Waals surface area contributed by atoms with Crippen molar-refractivity contribution in [3.8, 4) is 11.5 Å². The van der Waals surface area contributed by atoms with Crippen LogP contribution >= 0.6 is 50.1 Å². The fourth-order valence-electron chi connectivity index (χ4n) is 3.01. The third-order valence-corrected chi connectivity index (χ3v) is 6.09. The number of carbonyl (C=O) groups is 1. The molecule has 0 unspecified atom stereocenters. The fourth-order valence-corrected chi connectivity index (χ4v) is 4.32. The van der Waals surface area contributed by atoms with Crippen LogP contribution in [0.25, 0.3) is 6.08 Å². The predicted molar refractivity (Wildman–Crippen MR) is 136 cm³/mol. The number of cyclic esters (lactones) is 1. The average Bonchev–Trinajstić information content (AvgIpc) is 3.14. The summed E-state index contributed by atoms with van der Waals surface area (Å²) >= 11 is 11.5. The van der Waals surface area contributed by atoms with E-state index in [-0.39, 0.29) is 11.6 Å². The first-order valence-corrected chi connectivity index (χ1v) is 11.7. The molecule has 0 N–H and O–H groups in total. The molecule has 0 saturated heterocycles. The summed E-state index contributed by atoms with van der Waals surface area (Å²) in [4.78, 5) is 16.7. The van der Waals surface area contributed by atoms with Gasteiger partial charge in [0.1, 0.15) is 6.61 Å². The summed E-state index contributed by atoms with van der Waals surface area (Å²) < 4.78 is 18.6. The van der Waals surface area contributed by atoms with Crippen molar-refractivity contribution in [2.75, 3.05) is 7.11 Å². The third kappa shape index (κ3) is 5.33. The van der Waals surface area contributed by atoms with Gasteiger partial charge in [-0.2, -0.15) is 0 Å². The van der Waals surface area contributed by atoms with E-state index >= 15 is 0 Å². The summed E-state index contributed by atoms with van der Waals surface area (Å²) in [5, 5.41) is 0.675. The number of nitrogens with zero attached hydrogens (tertiary/aromatic N) is 1. The zero-order valence-electron chi connectivity index (χ0n) is 16.8. The first-order chi connectivity index (χ1) is 15.4. The number of benzene rings is 3. The molecule has 0 atom stereocenters. The molecule has 0 aliphatic carbocycles. The Hall–Kier alpha value is -2.36. The van der Waals surface area contributed by atoms with Crippen LogP contribution in [-0.2, 0) is 16.1 Å². The van der Waals surface area contributed by atoms with E-state index in [9.17, 15) is 4.79 Å². The Kier molecular flexibility index (Phi) is 7.17. The number of esters is 1. The monoisotopic (exact) mass is 623 g/mol. The van der Waals surface area contributed by atoms with E-state index in [1.54, 1.807) is 19.3 Å². The highest BCUT2D eigenvalue weighted by Crippen LogP contribution is 2.35. The number of methoxy groups -OCH3 is 1. The van der Waals surface area contributed by atoms with Crippen molar-refractivity contribution in [2.45, 2.75) is 6.61 Å². The quantitative estimate of drug-likeness (QED) is 0.175. The number of rotatable bonds is 6. The van der Waals surface area contributed by atoms with Gasteiger partial charge in [0.05, 0.1) is 10.7 Å². The van der Waals surface area contributed by atoms with Crippen LogP contribution in [0.2, 0.25) is 5.02 Å². The number of carbonyl (C=O) groups excluding carboxylic acids is 1. The Labute approximate surface area is 212 Å². The summed E-state index contributed by atoms with van der Waals surface area (Å²) in [6.07, 6.45) is 1.67. The normalized spacial score (nSPS) is 14.3. The van der Waals surface area contributed by atoms with Gasteiger partial charge in [-0.1, -0.05) is 45.7 Å². The van der Waals surface area contributed by atoms with Crippen molar-refractivity contribution in [3.63, 3.8) is 0 Å². The summed E-state index contributed by atoms with van der Waals surface area (Å²) in [6, 6.07) is 18.6. The molecule has 0 radical (unpaired) electrons. The van der Waals surface area contributed by atoms with Crippen LogP contribution in [0.3, 0.4) is 0 Å². The molecule has 1 aliphatic heterocycles. The van der Waals surface area contributed by atoms with Gasteiger partial charge in [0, 0.05) is 15.1 Å². The predicted octanol–water partition coefficient (Wildman–Crippen LogP) is 6.64. The van der Waals surface area contributed by atoms with Crippen molar-refractivity contribution < 1.29 is 19.0 Å². The van der Waals surface area contributed by atoms with Crippen molar-refractivity contribution in [3.05, 3.63) is 96.1 Å². The van der Waals surface area contributed by atoms with Gasteiger partial charge in [-0.3, -0.25) is 0 Å². The summed E-state index contributed by atoms with van der Waals surface area (Å²) in [5.74, 6) is 0.946. The lowest BCUT2D eigenvalue weighted by Crippen LogP contribution is -2.05. The zero-order valence-corrected chi connectivity index (χ0v) is 21.3. The molecule has 32 heavy (non-hydrogen) atoms. The molecule has 0 saturated carbocycles. The van der Waals surface area contributed by atoms with Crippen molar-refractivity contribution in [1.29, 1.82) is 0 Å². The topological polar surface area (TPSA) is 57.1 Å². The lowest BCUT2D eigenvalue weighted by Gasteiger charge is -2.14. The second kappa shape index (κ2) is 10.1. The molecule has 8 heteroatoms. The van der Waals surface area contributed by atoms with Crippen LogP contribution in [0.4, 0.5) is 0 Å². The highest BCUT2D eigenvalue weighted by atomic mass is 127. The van der Waals surface area contributed by atoms with Gasteiger partial charge in [-0.25, -0.2) is 9.79 Å². The van der Waals surface area contributed by atoms with Crippen LogP contribution in [-0.4, -0.2) is 19.0 Å². The maximum atomic E-state index is 12.4. The SMILES string of the molecule is COc1cc(/C=C2\N=C(c3cccc(Br)c3)OC2=O)cc(I)c1OCc1ccc(Cl)cc1. The van der Waals surface area contributed by atoms with E-state index in [4.69, 9.17) is 25.8 Å². The molecule has 0 amide bonds. The van der Waals surface area contributed by atoms with Gasteiger partial charge in [-0.15, -0.1) is 0 Å². The number of hydrogen-bond acceptors (Lipinski definition) is 5. The number of ether oxygens (including phenoxy) is 3. The van der Waals surface area contributed by atoms with Gasteiger partial charge < -0.3 is 14.2 Å². The molecule has 4 rings (SSSR count). The van der Waals surface area contributed by atoms with Crippen molar-refractivity contribution >= 4 is 68.1 Å². The second-order valence-corrected chi connectivity index (χ2v) is 9.31. The first-order valence-electron chi connectivity index (χ1n) is 9.46. The Balaban J connectivity index is 1.59. The van der Waals surface area contributed by atoms with Crippen LogP contribution in [0, 0.1) is 3.57 Å². The Morgan fingerprint density at radius 1 is 1.16 bits per heavy atom. The minimum absolute atomic E-state index is 0.215. The Morgan fingerprint density at radius 2 is 1.94 bits per heavy atom. The standard InChI is InChI=1S/C24H16BrClINO4/c1-30-21-11-15(9-19(27)22(21)31-13-14-5-7-18(26)8-6-14)10-20-24(29)32-23(28-20)16-3-2-4-17(25)12-16/h2-12H,13H2,1H3/b20-10-. The molecule has 0 spiro atoms. The van der Waals surface area contributed by atoms with Gasteiger partial charge in [0.2, 0.25) is 5.90 Å². The van der Waals surface area contributed by atoms with Gasteiger partial charge in [-0.05, 0) is 82.3 Å². The number of aliphatic imine (C=N–C) groups is 1. The molecular formula is C24H16BrClINO4. The van der Waals surface area contributed by atoms with Crippen LogP contribution < -0.4 is 9.47 Å². The van der Waals surface area contributed by atoms with E-state index in [0.717, 1.165) is 19.2 Å². The largest absolute Gasteiger partial charge is 0.493 e. The maximum absolute atomic E-state index is 12.4. The van der Waals surface area contributed by atoms with Crippen LogP contribution in [0.1, 0.15) is 16.7 Å². The minimum Gasteiger partial charge on any atom is -0.493 e. The molecule has 3 aromatic rings. The molecule has 162 valence electrons. The summed E-state index contributed by atoms with van der Waals surface area (Å²) in [5.41, 5.74) is 2.67. The van der Waals surface area contributed by atoms with Crippen molar-refractivity contribution in [1.82, 2.24) is 0 Å². The molecule has 1 aliphatic rings. The molecule has 3 aromatic carbocycles. The lowest BCUT2D eigenvalue weighted by atomic mass is 10.1. The highest BCUT2D eigenvalue weighted by Gasteiger charge is 2.24. The van der Waals surface area contributed by atoms with E-state index in [1.807, 2.05) is 54.6 Å². The average molecular weight is 625 g/mol. The highest BCUT2D eigenvalue weighted by molar-refractivity contribution is 14.1. The second-order valence-electron chi connectivity index (χ2n) is 6.80. The molecule has 0 bridgehead atoms. The molecular weight excluding hydrogens is 609 g/mol. The van der Waals surface area contributed by atoms with Crippen LogP contribution in [0.5, 0.6) is 11.5 Å².